The predicted octanol–water partition coefficient (Wildman–Crippen LogP) is 5.99. The molecule has 2 aliphatic heterocycles. The van der Waals surface area contributed by atoms with Crippen LogP contribution in [0.3, 0.4) is 0 Å². The number of hydrogen-bond acceptors (Lipinski definition) is 5. The molecule has 5 rings (SSSR count). The van der Waals surface area contributed by atoms with Crippen LogP contribution in [-0.2, 0) is 4.79 Å². The molecule has 1 fully saturated rings. The van der Waals surface area contributed by atoms with Gasteiger partial charge in [-0.2, -0.15) is 13.2 Å². The molecule has 0 bridgehead atoms. The highest BCUT2D eigenvalue weighted by atomic mass is 19.4. The highest BCUT2D eigenvalue weighted by molar-refractivity contribution is 6.10. The largest absolute Gasteiger partial charge is 0.497 e. The minimum atomic E-state index is -5.08. The van der Waals surface area contributed by atoms with E-state index in [2.05, 4.69) is 42.2 Å². The summed E-state index contributed by atoms with van der Waals surface area (Å²) in [5.74, 6) is 0.202. The number of alkyl halides is 3. The highest BCUT2D eigenvalue weighted by Crippen LogP contribution is 2.52. The van der Waals surface area contributed by atoms with E-state index >= 15 is 0 Å². The van der Waals surface area contributed by atoms with Crippen LogP contribution < -0.4 is 14.4 Å². The Labute approximate surface area is 206 Å². The molecular formula is C27H25F3N2O4. The molecule has 1 aliphatic carbocycles. The normalized spacial score (nSPS) is 22.2. The van der Waals surface area contributed by atoms with Crippen molar-refractivity contribution < 1.29 is 32.5 Å². The number of aliphatic imine (C=N–C) groups is 1. The summed E-state index contributed by atoms with van der Waals surface area (Å²) in [6, 6.07) is 18.2. The fourth-order valence-corrected chi connectivity index (χ4v) is 4.62. The van der Waals surface area contributed by atoms with E-state index in [-0.39, 0.29) is 5.41 Å². The number of para-hydroxylation sites is 1. The van der Waals surface area contributed by atoms with E-state index in [9.17, 15) is 13.2 Å². The van der Waals surface area contributed by atoms with Gasteiger partial charge in [-0.3, -0.25) is 4.99 Å². The number of allylic oxidation sites excluding steroid dienone is 4. The first kappa shape index (κ1) is 25.1. The number of ether oxygens (including phenoxy) is 2. The molecule has 3 aliphatic rings. The van der Waals surface area contributed by atoms with Crippen molar-refractivity contribution in [3.8, 4) is 11.5 Å². The Hall–Kier alpha value is -4.01. The maximum atomic E-state index is 10.6. The molecule has 1 N–H and O–H groups in total. The number of carboxylic acids is 1. The monoisotopic (exact) mass is 498 g/mol. The van der Waals surface area contributed by atoms with E-state index in [1.165, 1.54) is 11.4 Å². The number of aliphatic carboxylic acids is 1. The summed E-state index contributed by atoms with van der Waals surface area (Å²) in [5, 5.41) is 7.12. The van der Waals surface area contributed by atoms with Crippen LogP contribution in [0.4, 0.5) is 18.9 Å². The Balaban J connectivity index is 0.000000384. The lowest BCUT2D eigenvalue weighted by atomic mass is 9.64. The minimum Gasteiger partial charge on any atom is -0.497 e. The molecule has 1 spiro atoms. The standard InChI is InChI=1S/C25H24N2O2.C2HF3O2/c1-18-14-17-27(19-8-10-20(28-2)11-9-19)23-13-12-22(24-25(18,23)15-16-26-24)29-21-6-4-3-5-7-21;3-2(4,5)1(6)7/h3-13,15-16,18H,14,17H2,1-2H3;(H,6,7). The number of hydrogen-bond donors (Lipinski definition) is 1. The second-order valence-electron chi connectivity index (χ2n) is 8.50. The van der Waals surface area contributed by atoms with Gasteiger partial charge in [0.1, 0.15) is 17.3 Å². The third kappa shape index (κ3) is 4.73. The quantitative estimate of drug-likeness (QED) is 0.561. The maximum absolute atomic E-state index is 10.6. The lowest BCUT2D eigenvalue weighted by molar-refractivity contribution is -0.192. The Morgan fingerprint density at radius 1 is 1.08 bits per heavy atom. The van der Waals surface area contributed by atoms with E-state index in [1.807, 2.05) is 48.7 Å². The molecule has 1 saturated heterocycles. The van der Waals surface area contributed by atoms with Gasteiger partial charge in [-0.15, -0.1) is 0 Å². The van der Waals surface area contributed by atoms with Crippen molar-refractivity contribution in [3.63, 3.8) is 0 Å². The zero-order valence-electron chi connectivity index (χ0n) is 19.7. The smallest absolute Gasteiger partial charge is 0.490 e. The van der Waals surface area contributed by atoms with Crippen molar-refractivity contribution in [2.45, 2.75) is 19.5 Å². The van der Waals surface area contributed by atoms with Crippen molar-refractivity contribution in [3.05, 3.63) is 90.5 Å². The molecule has 0 aromatic heterocycles. The van der Waals surface area contributed by atoms with Gasteiger partial charge in [-0.25, -0.2) is 4.79 Å². The topological polar surface area (TPSA) is 71.4 Å². The number of anilines is 1. The summed E-state index contributed by atoms with van der Waals surface area (Å²) in [6.45, 7) is 3.29. The summed E-state index contributed by atoms with van der Waals surface area (Å²) >= 11 is 0. The molecule has 36 heavy (non-hydrogen) atoms. The van der Waals surface area contributed by atoms with E-state index in [4.69, 9.17) is 24.4 Å². The summed E-state index contributed by atoms with van der Waals surface area (Å²) < 4.78 is 43.3. The zero-order valence-corrected chi connectivity index (χ0v) is 19.7. The van der Waals surface area contributed by atoms with Crippen molar-refractivity contribution in [2.75, 3.05) is 18.6 Å². The molecule has 6 nitrogen and oxygen atoms in total. The van der Waals surface area contributed by atoms with Crippen LogP contribution in [0.15, 0.2) is 95.5 Å². The molecule has 2 unspecified atom stereocenters. The summed E-state index contributed by atoms with van der Waals surface area (Å²) in [6.07, 6.45) is 4.43. The molecule has 2 aromatic carbocycles. The number of methoxy groups -OCH3 is 1. The van der Waals surface area contributed by atoms with Gasteiger partial charge in [0.15, 0.2) is 0 Å². The van der Waals surface area contributed by atoms with Crippen molar-refractivity contribution in [2.24, 2.45) is 16.3 Å². The van der Waals surface area contributed by atoms with Gasteiger partial charge in [0.25, 0.3) is 0 Å². The fraction of sp³-hybridized carbons (Fsp3) is 0.259. The third-order valence-electron chi connectivity index (χ3n) is 6.43. The number of halogens is 3. The Kier molecular flexibility index (Phi) is 6.92. The van der Waals surface area contributed by atoms with E-state index in [0.717, 1.165) is 35.9 Å². The van der Waals surface area contributed by atoms with Gasteiger partial charge in [-0.05, 0) is 67.0 Å². The Bertz CT molecular complexity index is 1230. The van der Waals surface area contributed by atoms with E-state index < -0.39 is 12.1 Å². The third-order valence-corrected chi connectivity index (χ3v) is 6.43. The number of carbonyl (C=O) groups is 1. The van der Waals surface area contributed by atoms with Crippen molar-refractivity contribution >= 4 is 17.4 Å². The molecule has 188 valence electrons. The molecule has 0 radical (unpaired) electrons. The lowest BCUT2D eigenvalue weighted by Crippen LogP contribution is -2.50. The van der Waals surface area contributed by atoms with Gasteiger partial charge in [0.2, 0.25) is 0 Å². The summed E-state index contributed by atoms with van der Waals surface area (Å²) in [5.41, 5.74) is 3.18. The van der Waals surface area contributed by atoms with Crippen LogP contribution in [-0.4, -0.2) is 36.6 Å². The first-order valence-electron chi connectivity index (χ1n) is 11.3. The zero-order chi connectivity index (χ0) is 25.9. The van der Waals surface area contributed by atoms with Gasteiger partial charge >= 0.3 is 12.1 Å². The minimum absolute atomic E-state index is 0.253. The first-order chi connectivity index (χ1) is 17.2. The Morgan fingerprint density at radius 2 is 1.75 bits per heavy atom. The van der Waals surface area contributed by atoms with Gasteiger partial charge in [0.05, 0.1) is 18.2 Å². The number of nitrogens with zero attached hydrogens (tertiary/aromatic N) is 2. The molecule has 2 aromatic rings. The van der Waals surface area contributed by atoms with Crippen LogP contribution in [0, 0.1) is 11.3 Å². The van der Waals surface area contributed by atoms with Crippen molar-refractivity contribution in [1.82, 2.24) is 0 Å². The van der Waals surface area contributed by atoms with Gasteiger partial charge in [0, 0.05) is 24.1 Å². The van der Waals surface area contributed by atoms with Gasteiger partial charge < -0.3 is 19.5 Å². The highest BCUT2D eigenvalue weighted by Gasteiger charge is 2.52. The maximum Gasteiger partial charge on any atom is 0.490 e. The average molecular weight is 499 g/mol. The van der Waals surface area contributed by atoms with Crippen LogP contribution in [0.25, 0.3) is 0 Å². The van der Waals surface area contributed by atoms with Crippen molar-refractivity contribution in [1.29, 1.82) is 0 Å². The molecular weight excluding hydrogens is 473 g/mol. The van der Waals surface area contributed by atoms with Crippen LogP contribution in [0.1, 0.15) is 13.3 Å². The average Bonchev–Trinajstić information content (AvgIpc) is 3.32. The number of piperidine rings is 1. The SMILES string of the molecule is COc1ccc(N2CCC(C)C34C=CN=C3C(Oc3ccccc3)=CC=C24)cc1.O=C(O)C(F)(F)F. The van der Waals surface area contributed by atoms with Crippen LogP contribution >= 0.6 is 0 Å². The van der Waals surface area contributed by atoms with Crippen LogP contribution in [0.2, 0.25) is 0 Å². The fourth-order valence-electron chi connectivity index (χ4n) is 4.62. The number of benzene rings is 2. The van der Waals surface area contributed by atoms with Crippen LogP contribution in [0.5, 0.6) is 11.5 Å². The van der Waals surface area contributed by atoms with E-state index in [1.54, 1.807) is 7.11 Å². The second-order valence-corrected chi connectivity index (χ2v) is 8.50. The number of rotatable bonds is 4. The predicted molar refractivity (Wildman–Crippen MR) is 130 cm³/mol. The Morgan fingerprint density at radius 3 is 2.36 bits per heavy atom. The second kappa shape index (κ2) is 9.93. The summed E-state index contributed by atoms with van der Waals surface area (Å²) in [4.78, 5) is 16.1. The summed E-state index contributed by atoms with van der Waals surface area (Å²) in [7, 11) is 1.70. The molecule has 0 amide bonds. The molecule has 2 atom stereocenters. The van der Waals surface area contributed by atoms with Gasteiger partial charge in [-0.1, -0.05) is 25.1 Å². The lowest BCUT2D eigenvalue weighted by Gasteiger charge is -2.49. The molecule has 2 heterocycles. The molecule has 9 heteroatoms. The number of carboxylic acid groups (broad SMARTS) is 1. The first-order valence-corrected chi connectivity index (χ1v) is 11.3. The molecule has 0 saturated carbocycles. The van der Waals surface area contributed by atoms with E-state index in [0.29, 0.717) is 5.92 Å².